The van der Waals surface area contributed by atoms with E-state index in [2.05, 4.69) is 12.2 Å². The molecule has 0 radical (unpaired) electrons. The normalized spacial score (nSPS) is 13.0. The Morgan fingerprint density at radius 1 is 1.36 bits per heavy atom. The first-order valence-electron chi connectivity index (χ1n) is 5.03. The minimum absolute atomic E-state index is 0.156. The van der Waals surface area contributed by atoms with Crippen molar-refractivity contribution in [3.63, 3.8) is 0 Å². The van der Waals surface area contributed by atoms with E-state index in [1.807, 2.05) is 6.92 Å². The van der Waals surface area contributed by atoms with E-state index in [0.29, 0.717) is 12.3 Å². The van der Waals surface area contributed by atoms with E-state index in [0.717, 1.165) is 19.3 Å². The van der Waals surface area contributed by atoms with Gasteiger partial charge in [-0.2, -0.15) is 0 Å². The molecule has 0 rings (SSSR count). The quantitative estimate of drug-likeness (QED) is 0.658. The summed E-state index contributed by atoms with van der Waals surface area (Å²) in [6, 6.07) is 0. The van der Waals surface area contributed by atoms with Gasteiger partial charge >= 0.3 is 0 Å². The molecular formula is C10H19NO2S. The van der Waals surface area contributed by atoms with Gasteiger partial charge in [0.05, 0.1) is 0 Å². The second-order valence-electron chi connectivity index (χ2n) is 3.03. The predicted octanol–water partition coefficient (Wildman–Crippen LogP) is 1.58. The molecule has 0 heterocycles. The number of hydrogen-bond acceptors (Lipinski definition) is 2. The zero-order valence-electron chi connectivity index (χ0n) is 8.91. The van der Waals surface area contributed by atoms with Gasteiger partial charge in [0.2, 0.25) is 5.91 Å². The van der Waals surface area contributed by atoms with Crippen LogP contribution in [0.3, 0.4) is 0 Å². The Balaban J connectivity index is 3.68. The number of nitrogens with one attached hydrogen (secondary N) is 1. The van der Waals surface area contributed by atoms with E-state index in [4.69, 9.17) is 0 Å². The van der Waals surface area contributed by atoms with E-state index >= 15 is 0 Å². The number of carbonyl (C=O) groups excluding carboxylic acids is 1. The van der Waals surface area contributed by atoms with Crippen molar-refractivity contribution in [1.82, 2.24) is 5.32 Å². The lowest BCUT2D eigenvalue weighted by Gasteiger charge is -1.97. The van der Waals surface area contributed by atoms with E-state index in [1.165, 1.54) is 11.5 Å². The van der Waals surface area contributed by atoms with Crippen LogP contribution in [0.2, 0.25) is 0 Å². The topological polar surface area (TPSA) is 46.2 Å². The first-order chi connectivity index (χ1) is 6.70. The van der Waals surface area contributed by atoms with Gasteiger partial charge in [-0.15, -0.1) is 0 Å². The second kappa shape index (κ2) is 8.94. The summed E-state index contributed by atoms with van der Waals surface area (Å²) in [5.74, 6) is 0.491. The molecule has 0 saturated heterocycles. The summed E-state index contributed by atoms with van der Waals surface area (Å²) in [6.07, 6.45) is 4.25. The summed E-state index contributed by atoms with van der Waals surface area (Å²) < 4.78 is 11.2. The number of carbonyl (C=O) groups is 1. The maximum atomic E-state index is 11.2. The molecule has 0 aliphatic carbocycles. The fourth-order valence-electron chi connectivity index (χ4n) is 0.799. The average Bonchev–Trinajstić information content (AvgIpc) is 2.20. The summed E-state index contributed by atoms with van der Waals surface area (Å²) in [4.78, 5) is 11.0. The van der Waals surface area contributed by atoms with E-state index in [1.54, 1.807) is 0 Å². The van der Waals surface area contributed by atoms with Crippen LogP contribution in [-0.4, -0.2) is 22.4 Å². The van der Waals surface area contributed by atoms with Gasteiger partial charge in [-0.1, -0.05) is 20.3 Å². The Kier molecular flexibility index (Phi) is 8.53. The van der Waals surface area contributed by atoms with Crippen molar-refractivity contribution in [3.8, 4) is 0 Å². The van der Waals surface area contributed by atoms with E-state index in [9.17, 15) is 9.00 Å². The molecule has 0 aromatic rings. The standard InChI is InChI=1S/C10H19NO2S/c1-3-5-8-14(13)9-6-10(12)11-7-4-2/h6,9H,3-5,7-8H2,1-2H3,(H,11,12)/b9-6-. The molecular weight excluding hydrogens is 198 g/mol. The smallest absolute Gasteiger partial charge is 0.244 e. The zero-order valence-corrected chi connectivity index (χ0v) is 9.73. The van der Waals surface area contributed by atoms with E-state index in [-0.39, 0.29) is 5.91 Å². The monoisotopic (exact) mass is 217 g/mol. The highest BCUT2D eigenvalue weighted by molar-refractivity contribution is 7.87. The van der Waals surface area contributed by atoms with Gasteiger partial charge in [-0.25, -0.2) is 0 Å². The lowest BCUT2D eigenvalue weighted by Crippen LogP contribution is -2.21. The number of hydrogen-bond donors (Lipinski definition) is 1. The molecule has 0 aromatic carbocycles. The van der Waals surface area contributed by atoms with Gasteiger partial charge in [0.25, 0.3) is 0 Å². The van der Waals surface area contributed by atoms with Gasteiger partial charge in [0.15, 0.2) is 0 Å². The first-order valence-corrected chi connectivity index (χ1v) is 6.42. The van der Waals surface area contributed by atoms with Crippen LogP contribution in [0.4, 0.5) is 0 Å². The maximum Gasteiger partial charge on any atom is 0.244 e. The molecule has 1 N–H and O–H groups in total. The Morgan fingerprint density at radius 2 is 2.07 bits per heavy atom. The largest absolute Gasteiger partial charge is 0.353 e. The molecule has 4 heteroatoms. The van der Waals surface area contributed by atoms with Crippen LogP contribution in [-0.2, 0) is 15.6 Å². The van der Waals surface area contributed by atoms with Gasteiger partial charge in [-0.3, -0.25) is 9.00 Å². The molecule has 3 nitrogen and oxygen atoms in total. The third-order valence-electron chi connectivity index (χ3n) is 1.62. The lowest BCUT2D eigenvalue weighted by atomic mass is 10.4. The number of unbranched alkanes of at least 4 members (excludes halogenated alkanes) is 1. The fourth-order valence-corrected chi connectivity index (χ4v) is 1.78. The molecule has 0 bridgehead atoms. The SMILES string of the molecule is CCCCS(=O)/C=C\C(=O)NCCC. The molecule has 1 amide bonds. The molecule has 14 heavy (non-hydrogen) atoms. The molecule has 0 aromatic heterocycles. The molecule has 0 spiro atoms. The average molecular weight is 217 g/mol. The third kappa shape index (κ3) is 7.98. The molecule has 0 aliphatic rings. The molecule has 0 fully saturated rings. The Bertz CT molecular complexity index is 192. The predicted molar refractivity (Wildman–Crippen MR) is 60.4 cm³/mol. The number of amides is 1. The molecule has 1 unspecified atom stereocenters. The molecule has 1 atom stereocenters. The molecule has 0 saturated carbocycles. The first kappa shape index (κ1) is 13.4. The zero-order chi connectivity index (χ0) is 10.8. The highest BCUT2D eigenvalue weighted by Crippen LogP contribution is 1.93. The van der Waals surface area contributed by atoms with E-state index < -0.39 is 10.8 Å². The van der Waals surface area contributed by atoms with Crippen molar-refractivity contribution in [2.75, 3.05) is 12.3 Å². The van der Waals surface area contributed by atoms with Crippen molar-refractivity contribution in [2.24, 2.45) is 0 Å². The van der Waals surface area contributed by atoms with Crippen LogP contribution in [0.15, 0.2) is 11.5 Å². The van der Waals surface area contributed by atoms with Gasteiger partial charge < -0.3 is 5.32 Å². The Labute approximate surface area is 88.4 Å². The lowest BCUT2D eigenvalue weighted by molar-refractivity contribution is -0.116. The van der Waals surface area contributed by atoms with Crippen LogP contribution < -0.4 is 5.32 Å². The van der Waals surface area contributed by atoms with Crippen molar-refractivity contribution in [3.05, 3.63) is 11.5 Å². The van der Waals surface area contributed by atoms with Gasteiger partial charge in [-0.05, 0) is 12.8 Å². The van der Waals surface area contributed by atoms with Crippen molar-refractivity contribution >= 4 is 16.7 Å². The van der Waals surface area contributed by atoms with Crippen molar-refractivity contribution in [1.29, 1.82) is 0 Å². The van der Waals surface area contributed by atoms with Gasteiger partial charge in [0, 0.05) is 34.6 Å². The van der Waals surface area contributed by atoms with Crippen LogP contribution in [0.1, 0.15) is 33.1 Å². The van der Waals surface area contributed by atoms with Crippen molar-refractivity contribution < 1.29 is 9.00 Å². The van der Waals surface area contributed by atoms with Crippen LogP contribution in [0.5, 0.6) is 0 Å². The molecule has 0 aliphatic heterocycles. The van der Waals surface area contributed by atoms with Crippen LogP contribution >= 0.6 is 0 Å². The van der Waals surface area contributed by atoms with Crippen molar-refractivity contribution in [2.45, 2.75) is 33.1 Å². The number of rotatable bonds is 7. The highest BCUT2D eigenvalue weighted by Gasteiger charge is 1.96. The summed E-state index contributed by atoms with van der Waals surface area (Å²) in [6.45, 7) is 4.71. The Morgan fingerprint density at radius 3 is 2.64 bits per heavy atom. The second-order valence-corrected chi connectivity index (χ2v) is 4.47. The van der Waals surface area contributed by atoms with Gasteiger partial charge in [0.1, 0.15) is 0 Å². The Hall–Kier alpha value is -0.640. The van der Waals surface area contributed by atoms with Crippen LogP contribution in [0, 0.1) is 0 Å². The summed E-state index contributed by atoms with van der Waals surface area (Å²) >= 11 is 0. The minimum Gasteiger partial charge on any atom is -0.353 e. The molecule has 82 valence electrons. The van der Waals surface area contributed by atoms with Crippen LogP contribution in [0.25, 0.3) is 0 Å². The fraction of sp³-hybridized carbons (Fsp3) is 0.700. The maximum absolute atomic E-state index is 11.2. The summed E-state index contributed by atoms with van der Waals surface area (Å²) in [7, 11) is -0.987. The minimum atomic E-state index is -0.987. The summed E-state index contributed by atoms with van der Waals surface area (Å²) in [5, 5.41) is 4.16. The highest BCUT2D eigenvalue weighted by atomic mass is 32.2. The summed E-state index contributed by atoms with van der Waals surface area (Å²) in [5.41, 5.74) is 0. The third-order valence-corrected chi connectivity index (χ3v) is 2.75.